The molecule has 0 aliphatic rings. The van der Waals surface area contributed by atoms with E-state index in [-0.39, 0.29) is 5.75 Å². The first-order valence-electron chi connectivity index (χ1n) is 5.95. The maximum Gasteiger partial charge on any atom is 0.406 e. The van der Waals surface area contributed by atoms with E-state index in [1.165, 1.54) is 18.3 Å². The molecule has 114 valence electrons. The number of pyridine rings is 1. The van der Waals surface area contributed by atoms with Gasteiger partial charge in [0, 0.05) is 0 Å². The number of carbonyl (C=O) groups excluding carboxylic acids is 1. The van der Waals surface area contributed by atoms with Crippen LogP contribution in [-0.4, -0.2) is 22.4 Å². The number of nitrogens with one attached hydrogen (secondary N) is 1. The molecule has 9 heteroatoms. The number of nitrogens with zero attached hydrogens (tertiary/aromatic N) is 2. The summed E-state index contributed by atoms with van der Waals surface area (Å²) in [5, 5.41) is 12.7. The first kappa shape index (κ1) is 15.3. The zero-order chi connectivity index (χ0) is 16.1. The van der Waals surface area contributed by atoms with Crippen molar-refractivity contribution in [1.82, 2.24) is 4.98 Å². The van der Waals surface area contributed by atoms with Crippen molar-refractivity contribution in [3.8, 4) is 5.75 Å². The van der Waals surface area contributed by atoms with Gasteiger partial charge in [-0.2, -0.15) is 0 Å². The molecule has 0 unspecified atom stereocenters. The van der Waals surface area contributed by atoms with E-state index >= 15 is 0 Å². The van der Waals surface area contributed by atoms with E-state index in [9.17, 15) is 23.7 Å². The predicted octanol–water partition coefficient (Wildman–Crippen LogP) is 2.29. The average molecular weight is 309 g/mol. The standard InChI is InChI=1S/C13H9F2N3O4/c14-8-3-1-4-9(15)12(8)17-11(19)7-22-10-5-2-6-16-13(10)18(20)21/h1-6H,7H2,(H,17,19). The summed E-state index contributed by atoms with van der Waals surface area (Å²) in [6, 6.07) is 5.74. The summed E-state index contributed by atoms with van der Waals surface area (Å²) in [7, 11) is 0. The van der Waals surface area contributed by atoms with Gasteiger partial charge in [-0.05, 0) is 34.2 Å². The molecule has 1 aromatic carbocycles. The molecule has 1 amide bonds. The number of carbonyl (C=O) groups is 1. The zero-order valence-electron chi connectivity index (χ0n) is 11.0. The maximum absolute atomic E-state index is 13.3. The highest BCUT2D eigenvalue weighted by molar-refractivity contribution is 5.92. The Labute approximate surface area is 122 Å². The third-order valence-corrected chi connectivity index (χ3v) is 2.51. The Balaban J connectivity index is 2.04. The summed E-state index contributed by atoms with van der Waals surface area (Å²) in [5.74, 6) is -3.55. The molecule has 0 aliphatic carbocycles. The predicted molar refractivity (Wildman–Crippen MR) is 71.4 cm³/mol. The highest BCUT2D eigenvalue weighted by atomic mass is 19.1. The van der Waals surface area contributed by atoms with Crippen molar-refractivity contribution in [2.45, 2.75) is 0 Å². The number of para-hydroxylation sites is 1. The summed E-state index contributed by atoms with van der Waals surface area (Å²) in [5.41, 5.74) is -0.614. The number of hydrogen-bond donors (Lipinski definition) is 1. The molecule has 22 heavy (non-hydrogen) atoms. The van der Waals surface area contributed by atoms with Gasteiger partial charge in [0.05, 0.1) is 0 Å². The quantitative estimate of drug-likeness (QED) is 0.675. The van der Waals surface area contributed by atoms with Crippen LogP contribution in [0.4, 0.5) is 20.3 Å². The fourth-order valence-electron chi connectivity index (χ4n) is 1.57. The van der Waals surface area contributed by atoms with E-state index in [4.69, 9.17) is 4.74 Å². The minimum absolute atomic E-state index is 0.225. The lowest BCUT2D eigenvalue weighted by Gasteiger charge is -2.08. The van der Waals surface area contributed by atoms with Gasteiger partial charge < -0.3 is 20.2 Å². The fourth-order valence-corrected chi connectivity index (χ4v) is 1.57. The van der Waals surface area contributed by atoms with Gasteiger partial charge in [-0.15, -0.1) is 0 Å². The number of ether oxygens (including phenoxy) is 1. The normalized spacial score (nSPS) is 10.1. The average Bonchev–Trinajstić information content (AvgIpc) is 2.49. The van der Waals surface area contributed by atoms with Crippen molar-refractivity contribution in [2.75, 3.05) is 11.9 Å². The smallest absolute Gasteiger partial charge is 0.406 e. The van der Waals surface area contributed by atoms with E-state index in [1.807, 2.05) is 5.32 Å². The van der Waals surface area contributed by atoms with Crippen LogP contribution in [0.1, 0.15) is 0 Å². The summed E-state index contributed by atoms with van der Waals surface area (Å²) < 4.78 is 31.6. The Kier molecular flexibility index (Phi) is 4.57. The lowest BCUT2D eigenvalue weighted by Crippen LogP contribution is -2.21. The van der Waals surface area contributed by atoms with Gasteiger partial charge in [0.1, 0.15) is 23.5 Å². The molecule has 0 spiro atoms. The van der Waals surface area contributed by atoms with Gasteiger partial charge in [-0.25, -0.2) is 8.78 Å². The summed E-state index contributed by atoms with van der Waals surface area (Å²) >= 11 is 0. The number of halogens is 2. The van der Waals surface area contributed by atoms with Gasteiger partial charge >= 0.3 is 5.82 Å². The molecule has 1 aromatic heterocycles. The topological polar surface area (TPSA) is 94.4 Å². The van der Waals surface area contributed by atoms with Crippen LogP contribution in [0.25, 0.3) is 0 Å². The largest absolute Gasteiger partial charge is 0.476 e. The summed E-state index contributed by atoms with van der Waals surface area (Å²) in [6.45, 7) is -0.666. The second kappa shape index (κ2) is 6.57. The second-order valence-electron chi connectivity index (χ2n) is 4.02. The van der Waals surface area contributed by atoms with Crippen LogP contribution < -0.4 is 10.1 Å². The molecular weight excluding hydrogens is 300 g/mol. The fraction of sp³-hybridized carbons (Fsp3) is 0.0769. The molecule has 0 saturated carbocycles. The van der Waals surface area contributed by atoms with Crippen LogP contribution in [0.5, 0.6) is 5.75 Å². The van der Waals surface area contributed by atoms with E-state index in [0.717, 1.165) is 18.2 Å². The number of anilines is 1. The van der Waals surface area contributed by atoms with E-state index in [1.54, 1.807) is 0 Å². The van der Waals surface area contributed by atoms with Crippen molar-refractivity contribution in [3.05, 3.63) is 58.3 Å². The lowest BCUT2D eigenvalue weighted by atomic mass is 10.3. The van der Waals surface area contributed by atoms with E-state index in [0.29, 0.717) is 0 Å². The number of hydrogen-bond acceptors (Lipinski definition) is 5. The van der Waals surface area contributed by atoms with Crippen LogP contribution in [0.15, 0.2) is 36.5 Å². The highest BCUT2D eigenvalue weighted by Gasteiger charge is 2.17. The Bertz CT molecular complexity index is 704. The van der Waals surface area contributed by atoms with Crippen molar-refractivity contribution in [2.24, 2.45) is 0 Å². The van der Waals surface area contributed by atoms with Gasteiger partial charge in [-0.3, -0.25) is 4.79 Å². The molecule has 0 atom stereocenters. The molecule has 2 aromatic rings. The minimum Gasteiger partial charge on any atom is -0.476 e. The van der Waals surface area contributed by atoms with Crippen LogP contribution in [0, 0.1) is 21.7 Å². The number of nitro groups is 1. The van der Waals surface area contributed by atoms with E-state index in [2.05, 4.69) is 4.98 Å². The first-order chi connectivity index (χ1) is 10.5. The number of aromatic nitrogens is 1. The molecule has 1 N–H and O–H groups in total. The molecule has 0 radical (unpaired) electrons. The summed E-state index contributed by atoms with van der Waals surface area (Å²) in [6.07, 6.45) is 1.19. The minimum atomic E-state index is -0.944. The van der Waals surface area contributed by atoms with Crippen molar-refractivity contribution < 1.29 is 23.2 Å². The number of benzene rings is 1. The molecule has 0 fully saturated rings. The Morgan fingerprint density at radius 1 is 1.27 bits per heavy atom. The molecule has 7 nitrogen and oxygen atoms in total. The molecule has 0 aliphatic heterocycles. The molecule has 2 rings (SSSR count). The second-order valence-corrected chi connectivity index (χ2v) is 4.02. The highest BCUT2D eigenvalue weighted by Crippen LogP contribution is 2.23. The van der Waals surface area contributed by atoms with Crippen LogP contribution >= 0.6 is 0 Å². The molecular formula is C13H9F2N3O4. The van der Waals surface area contributed by atoms with Gasteiger partial charge in [-0.1, -0.05) is 6.07 Å². The Hall–Kier alpha value is -3.10. The molecule has 0 bridgehead atoms. The van der Waals surface area contributed by atoms with Gasteiger partial charge in [0.25, 0.3) is 5.91 Å². The molecule has 0 saturated heterocycles. The Morgan fingerprint density at radius 3 is 2.59 bits per heavy atom. The first-order valence-corrected chi connectivity index (χ1v) is 5.95. The third kappa shape index (κ3) is 3.51. The zero-order valence-corrected chi connectivity index (χ0v) is 11.0. The van der Waals surface area contributed by atoms with Crippen LogP contribution in [-0.2, 0) is 4.79 Å². The number of rotatable bonds is 5. The van der Waals surface area contributed by atoms with Gasteiger partial charge in [0.2, 0.25) is 5.75 Å². The molecule has 1 heterocycles. The van der Waals surface area contributed by atoms with E-state index < -0.39 is 40.6 Å². The van der Waals surface area contributed by atoms with Crippen LogP contribution in [0.3, 0.4) is 0 Å². The van der Waals surface area contributed by atoms with Crippen LogP contribution in [0.2, 0.25) is 0 Å². The van der Waals surface area contributed by atoms with Crippen molar-refractivity contribution >= 4 is 17.4 Å². The summed E-state index contributed by atoms with van der Waals surface area (Å²) in [4.78, 5) is 25.0. The van der Waals surface area contributed by atoms with Crippen molar-refractivity contribution in [3.63, 3.8) is 0 Å². The Morgan fingerprint density at radius 2 is 1.95 bits per heavy atom. The maximum atomic E-state index is 13.3. The SMILES string of the molecule is O=C(COc1cccnc1[N+](=O)[O-])Nc1c(F)cccc1F. The van der Waals surface area contributed by atoms with Crippen molar-refractivity contribution in [1.29, 1.82) is 0 Å². The van der Waals surface area contributed by atoms with Gasteiger partial charge in [0.15, 0.2) is 6.61 Å². The lowest BCUT2D eigenvalue weighted by molar-refractivity contribution is -0.390. The monoisotopic (exact) mass is 309 g/mol. The third-order valence-electron chi connectivity index (χ3n) is 2.51. The number of amides is 1.